The number of carbonyl (C=O) groups is 1. The molecule has 0 atom stereocenters. The average molecular weight is 364 g/mol. The Labute approximate surface area is 147 Å². The zero-order valence-electron chi connectivity index (χ0n) is 14.4. The lowest BCUT2D eigenvalue weighted by molar-refractivity contribution is 0.0950. The fraction of sp³-hybridized carbons (Fsp3) is 0.278. The van der Waals surface area contributed by atoms with Crippen LogP contribution < -0.4 is 5.32 Å². The van der Waals surface area contributed by atoms with Crippen molar-refractivity contribution in [1.29, 1.82) is 0 Å². The summed E-state index contributed by atoms with van der Waals surface area (Å²) >= 11 is 0. The van der Waals surface area contributed by atoms with E-state index in [1.165, 1.54) is 41.7 Å². The Balaban J connectivity index is 2.15. The summed E-state index contributed by atoms with van der Waals surface area (Å²) in [6, 6.07) is 11.5. The van der Waals surface area contributed by atoms with Crippen molar-refractivity contribution in [2.75, 3.05) is 7.05 Å². The van der Waals surface area contributed by atoms with E-state index < -0.39 is 15.9 Å². The van der Waals surface area contributed by atoms with E-state index in [2.05, 4.69) is 5.32 Å². The normalized spacial score (nSPS) is 11.8. The zero-order chi connectivity index (χ0) is 18.6. The highest BCUT2D eigenvalue weighted by Crippen LogP contribution is 2.18. The maximum atomic E-state index is 12.9. The summed E-state index contributed by atoms with van der Waals surface area (Å²) in [6.07, 6.45) is 0. The molecule has 5 nitrogen and oxygen atoms in total. The van der Waals surface area contributed by atoms with E-state index >= 15 is 0 Å². The maximum Gasteiger partial charge on any atom is 0.251 e. The first-order valence-electron chi connectivity index (χ1n) is 7.82. The van der Waals surface area contributed by atoms with Crippen LogP contribution in [0, 0.1) is 5.82 Å². The summed E-state index contributed by atoms with van der Waals surface area (Å²) in [4.78, 5) is 12.3. The number of rotatable bonds is 6. The highest BCUT2D eigenvalue weighted by molar-refractivity contribution is 7.89. The Hall–Kier alpha value is -2.25. The van der Waals surface area contributed by atoms with Crippen LogP contribution in [0.4, 0.5) is 4.39 Å². The molecule has 2 rings (SSSR count). The minimum Gasteiger partial charge on any atom is -0.348 e. The van der Waals surface area contributed by atoms with Crippen molar-refractivity contribution < 1.29 is 17.6 Å². The Kier molecular flexibility index (Phi) is 5.92. The van der Waals surface area contributed by atoms with Crippen molar-refractivity contribution in [3.05, 3.63) is 65.5 Å². The van der Waals surface area contributed by atoms with Crippen molar-refractivity contribution >= 4 is 15.9 Å². The highest BCUT2D eigenvalue weighted by Gasteiger charge is 2.23. The number of carbonyl (C=O) groups excluding carboxylic acids is 1. The van der Waals surface area contributed by atoms with Gasteiger partial charge in [0.2, 0.25) is 10.0 Å². The summed E-state index contributed by atoms with van der Waals surface area (Å²) in [6.45, 7) is 3.77. The van der Waals surface area contributed by atoms with Crippen molar-refractivity contribution in [3.63, 3.8) is 0 Å². The van der Waals surface area contributed by atoms with Crippen LogP contribution in [0.15, 0.2) is 53.4 Å². The lowest BCUT2D eigenvalue weighted by Crippen LogP contribution is -2.33. The molecule has 2 aromatic rings. The number of hydrogen-bond donors (Lipinski definition) is 1. The summed E-state index contributed by atoms with van der Waals surface area (Å²) in [5, 5.41) is 2.70. The second-order valence-electron chi connectivity index (χ2n) is 5.95. The van der Waals surface area contributed by atoms with E-state index in [4.69, 9.17) is 0 Å². The minimum absolute atomic E-state index is 0.0677. The van der Waals surface area contributed by atoms with E-state index in [0.29, 0.717) is 0 Å². The Morgan fingerprint density at radius 2 is 1.80 bits per heavy atom. The molecule has 0 unspecified atom stereocenters. The van der Waals surface area contributed by atoms with Gasteiger partial charge in [-0.2, -0.15) is 4.31 Å². The summed E-state index contributed by atoms with van der Waals surface area (Å²) in [5.41, 5.74) is 0.999. The van der Waals surface area contributed by atoms with Gasteiger partial charge in [0, 0.05) is 25.2 Å². The zero-order valence-corrected chi connectivity index (χ0v) is 15.2. The number of amides is 1. The molecule has 2 aromatic carbocycles. The molecule has 0 radical (unpaired) electrons. The molecule has 25 heavy (non-hydrogen) atoms. The second-order valence-corrected chi connectivity index (χ2v) is 7.95. The van der Waals surface area contributed by atoms with Crippen molar-refractivity contribution in [1.82, 2.24) is 9.62 Å². The molecule has 0 heterocycles. The first-order chi connectivity index (χ1) is 11.7. The maximum absolute atomic E-state index is 12.9. The first kappa shape index (κ1) is 19.1. The van der Waals surface area contributed by atoms with Gasteiger partial charge in [-0.15, -0.1) is 0 Å². The molecule has 1 amide bonds. The molecule has 0 aliphatic carbocycles. The summed E-state index contributed by atoms with van der Waals surface area (Å²) in [5.74, 6) is -0.740. The van der Waals surface area contributed by atoms with Crippen LogP contribution in [0.1, 0.15) is 29.8 Å². The van der Waals surface area contributed by atoms with Gasteiger partial charge in [0.25, 0.3) is 5.91 Å². The Morgan fingerprint density at radius 1 is 1.16 bits per heavy atom. The SMILES string of the molecule is CC(C)N(C)S(=O)(=O)c1cccc(C(=O)NCc2ccc(F)cc2)c1. The third-order valence-electron chi connectivity index (χ3n) is 3.87. The average Bonchev–Trinajstić information content (AvgIpc) is 2.60. The van der Waals surface area contributed by atoms with Gasteiger partial charge in [-0.1, -0.05) is 18.2 Å². The van der Waals surface area contributed by atoms with Gasteiger partial charge >= 0.3 is 0 Å². The molecule has 0 fully saturated rings. The van der Waals surface area contributed by atoms with Crippen LogP contribution in [0.2, 0.25) is 0 Å². The van der Waals surface area contributed by atoms with E-state index in [-0.39, 0.29) is 28.9 Å². The largest absolute Gasteiger partial charge is 0.348 e. The molecule has 7 heteroatoms. The first-order valence-corrected chi connectivity index (χ1v) is 9.26. The molecule has 0 saturated carbocycles. The molecular formula is C18H21FN2O3S. The van der Waals surface area contributed by atoms with Gasteiger partial charge < -0.3 is 5.32 Å². The van der Waals surface area contributed by atoms with Gasteiger partial charge in [-0.25, -0.2) is 12.8 Å². The molecule has 0 aliphatic rings. The van der Waals surface area contributed by atoms with Crippen molar-refractivity contribution in [2.24, 2.45) is 0 Å². The number of halogens is 1. The van der Waals surface area contributed by atoms with Gasteiger partial charge in [0.15, 0.2) is 0 Å². The molecule has 1 N–H and O–H groups in total. The van der Waals surface area contributed by atoms with E-state index in [1.807, 2.05) is 0 Å². The van der Waals surface area contributed by atoms with Crippen molar-refractivity contribution in [2.45, 2.75) is 31.3 Å². The van der Waals surface area contributed by atoms with Crippen LogP contribution in [0.5, 0.6) is 0 Å². The second kappa shape index (κ2) is 7.76. The van der Waals surface area contributed by atoms with Gasteiger partial charge in [-0.3, -0.25) is 4.79 Å². The molecular weight excluding hydrogens is 343 g/mol. The van der Waals surface area contributed by atoms with Crippen LogP contribution in [-0.4, -0.2) is 31.7 Å². The van der Waals surface area contributed by atoms with E-state index in [9.17, 15) is 17.6 Å². The Morgan fingerprint density at radius 3 is 2.40 bits per heavy atom. The number of nitrogens with zero attached hydrogens (tertiary/aromatic N) is 1. The number of sulfonamides is 1. The van der Waals surface area contributed by atoms with E-state index in [1.54, 1.807) is 32.0 Å². The predicted octanol–water partition coefficient (Wildman–Crippen LogP) is 2.78. The quantitative estimate of drug-likeness (QED) is 0.857. The topological polar surface area (TPSA) is 66.5 Å². The fourth-order valence-corrected chi connectivity index (χ4v) is 3.54. The number of benzene rings is 2. The monoisotopic (exact) mass is 364 g/mol. The molecule has 0 bridgehead atoms. The van der Waals surface area contributed by atoms with Crippen LogP contribution in [0.3, 0.4) is 0 Å². The molecule has 0 saturated heterocycles. The molecule has 0 spiro atoms. The van der Waals surface area contributed by atoms with Gasteiger partial charge in [0.05, 0.1) is 4.90 Å². The number of nitrogens with one attached hydrogen (secondary N) is 1. The lowest BCUT2D eigenvalue weighted by atomic mass is 10.2. The van der Waals surface area contributed by atoms with Gasteiger partial charge in [-0.05, 0) is 49.7 Å². The van der Waals surface area contributed by atoms with Crippen LogP contribution in [-0.2, 0) is 16.6 Å². The molecule has 0 aliphatic heterocycles. The Bertz CT molecular complexity index is 849. The molecule has 134 valence electrons. The fourth-order valence-electron chi connectivity index (χ4n) is 2.13. The summed E-state index contributed by atoms with van der Waals surface area (Å²) < 4.78 is 39.2. The minimum atomic E-state index is -3.65. The van der Waals surface area contributed by atoms with E-state index in [0.717, 1.165) is 5.56 Å². The summed E-state index contributed by atoms with van der Waals surface area (Å²) in [7, 11) is -2.15. The number of hydrogen-bond acceptors (Lipinski definition) is 3. The standard InChI is InChI=1S/C18H21FN2O3S/c1-13(2)21(3)25(23,24)17-6-4-5-15(11-17)18(22)20-12-14-7-9-16(19)10-8-14/h4-11,13H,12H2,1-3H3,(H,20,22). The van der Waals surface area contributed by atoms with Crippen LogP contribution in [0.25, 0.3) is 0 Å². The predicted molar refractivity (Wildman–Crippen MR) is 94.1 cm³/mol. The van der Waals surface area contributed by atoms with Crippen LogP contribution >= 0.6 is 0 Å². The third kappa shape index (κ3) is 4.64. The third-order valence-corrected chi connectivity index (χ3v) is 5.90. The van der Waals surface area contributed by atoms with Crippen molar-refractivity contribution in [3.8, 4) is 0 Å². The lowest BCUT2D eigenvalue weighted by Gasteiger charge is -2.21. The molecule has 0 aromatic heterocycles. The highest BCUT2D eigenvalue weighted by atomic mass is 32.2. The smallest absolute Gasteiger partial charge is 0.251 e. The van der Waals surface area contributed by atoms with Gasteiger partial charge in [0.1, 0.15) is 5.82 Å².